The number of nitrogens with zero attached hydrogens (tertiary/aromatic N) is 2. The van der Waals surface area contributed by atoms with Crippen molar-refractivity contribution in [3.05, 3.63) is 24.3 Å². The zero-order valence-electron chi connectivity index (χ0n) is 14.3. The standard InChI is InChI=1S/C19H24N2O3/c1-3-24-19(22)18(12-20)13-10-15-4-5-16(11-13)21(15)14-6-8-17(23-2)9-7-14/h6-9,13,15-16,18H,3-5,10-11H2,1-2H3. The number of hydrogen-bond acceptors (Lipinski definition) is 5. The van der Waals surface area contributed by atoms with Crippen molar-refractivity contribution in [1.29, 1.82) is 5.26 Å². The second-order valence-corrected chi connectivity index (χ2v) is 6.58. The van der Waals surface area contributed by atoms with Gasteiger partial charge in [0.25, 0.3) is 0 Å². The number of anilines is 1. The predicted octanol–water partition coefficient (Wildman–Crippen LogP) is 3.15. The maximum Gasteiger partial charge on any atom is 0.323 e. The average Bonchev–Trinajstić information content (AvgIpc) is 2.86. The van der Waals surface area contributed by atoms with E-state index in [4.69, 9.17) is 9.47 Å². The SMILES string of the molecule is CCOC(=O)C(C#N)C1CC2CCC(C1)N2c1ccc(OC)cc1. The van der Waals surface area contributed by atoms with Gasteiger partial charge in [0.2, 0.25) is 0 Å². The monoisotopic (exact) mass is 328 g/mol. The molecule has 2 aliphatic rings. The topological polar surface area (TPSA) is 62.6 Å². The van der Waals surface area contributed by atoms with Gasteiger partial charge >= 0.3 is 5.97 Å². The van der Waals surface area contributed by atoms with Crippen LogP contribution in [-0.4, -0.2) is 31.8 Å². The molecule has 2 saturated heterocycles. The minimum Gasteiger partial charge on any atom is -0.497 e. The van der Waals surface area contributed by atoms with Gasteiger partial charge in [-0.15, -0.1) is 0 Å². The Balaban J connectivity index is 1.74. The van der Waals surface area contributed by atoms with Gasteiger partial charge in [-0.1, -0.05) is 0 Å². The Morgan fingerprint density at radius 3 is 2.42 bits per heavy atom. The molecule has 2 bridgehead atoms. The van der Waals surface area contributed by atoms with Crippen molar-refractivity contribution in [1.82, 2.24) is 0 Å². The van der Waals surface area contributed by atoms with Crippen LogP contribution < -0.4 is 9.64 Å². The molecule has 0 aliphatic carbocycles. The summed E-state index contributed by atoms with van der Waals surface area (Å²) < 4.78 is 10.3. The van der Waals surface area contributed by atoms with Crippen LogP contribution in [0.15, 0.2) is 24.3 Å². The fraction of sp³-hybridized carbons (Fsp3) is 0.579. The minimum atomic E-state index is -0.633. The molecule has 0 N–H and O–H groups in total. The number of carbonyl (C=O) groups is 1. The van der Waals surface area contributed by atoms with E-state index in [1.807, 2.05) is 12.1 Å². The third-order valence-corrected chi connectivity index (χ3v) is 5.29. The molecule has 1 aromatic carbocycles. The largest absolute Gasteiger partial charge is 0.497 e. The normalized spacial score (nSPS) is 26.5. The molecular formula is C19H24N2O3. The highest BCUT2D eigenvalue weighted by molar-refractivity contribution is 5.75. The fourth-order valence-electron chi connectivity index (χ4n) is 4.25. The number of benzene rings is 1. The second kappa shape index (κ2) is 7.12. The molecule has 128 valence electrons. The zero-order valence-corrected chi connectivity index (χ0v) is 14.3. The molecule has 5 nitrogen and oxygen atoms in total. The third kappa shape index (κ3) is 3.06. The number of methoxy groups -OCH3 is 1. The number of rotatable bonds is 5. The van der Waals surface area contributed by atoms with Crippen molar-refractivity contribution in [3.63, 3.8) is 0 Å². The van der Waals surface area contributed by atoms with Crippen molar-refractivity contribution >= 4 is 11.7 Å². The lowest BCUT2D eigenvalue weighted by atomic mass is 9.81. The van der Waals surface area contributed by atoms with Gasteiger partial charge < -0.3 is 14.4 Å². The summed E-state index contributed by atoms with van der Waals surface area (Å²) in [6, 6.07) is 11.1. The third-order valence-electron chi connectivity index (χ3n) is 5.29. The molecule has 0 amide bonds. The molecular weight excluding hydrogens is 304 g/mol. The summed E-state index contributed by atoms with van der Waals surface area (Å²) >= 11 is 0. The molecule has 0 spiro atoms. The van der Waals surface area contributed by atoms with E-state index in [1.54, 1.807) is 14.0 Å². The van der Waals surface area contributed by atoms with E-state index in [-0.39, 0.29) is 11.9 Å². The Labute approximate surface area is 143 Å². The highest BCUT2D eigenvalue weighted by Crippen LogP contribution is 2.44. The van der Waals surface area contributed by atoms with Gasteiger partial charge in [-0.3, -0.25) is 4.79 Å². The van der Waals surface area contributed by atoms with E-state index in [9.17, 15) is 10.1 Å². The van der Waals surface area contributed by atoms with Gasteiger partial charge in [-0.05, 0) is 62.8 Å². The van der Waals surface area contributed by atoms with Crippen LogP contribution in [0, 0.1) is 23.2 Å². The summed E-state index contributed by atoms with van der Waals surface area (Å²) in [6.07, 6.45) is 3.99. The zero-order chi connectivity index (χ0) is 17.1. The number of esters is 1. The summed E-state index contributed by atoms with van der Waals surface area (Å²) in [5.41, 5.74) is 1.20. The molecule has 3 unspecified atom stereocenters. The van der Waals surface area contributed by atoms with Crippen LogP contribution in [0.1, 0.15) is 32.6 Å². The molecule has 2 fully saturated rings. The second-order valence-electron chi connectivity index (χ2n) is 6.58. The molecule has 24 heavy (non-hydrogen) atoms. The first-order chi connectivity index (χ1) is 11.7. The Morgan fingerprint density at radius 1 is 1.29 bits per heavy atom. The van der Waals surface area contributed by atoms with Crippen molar-refractivity contribution < 1.29 is 14.3 Å². The van der Waals surface area contributed by atoms with E-state index >= 15 is 0 Å². The molecule has 3 rings (SSSR count). The average molecular weight is 328 g/mol. The summed E-state index contributed by atoms with van der Waals surface area (Å²) in [5.74, 6) is -0.0396. The number of hydrogen-bond donors (Lipinski definition) is 0. The van der Waals surface area contributed by atoms with Gasteiger partial charge in [0.1, 0.15) is 11.7 Å². The number of carbonyl (C=O) groups excluding carboxylic acids is 1. The Morgan fingerprint density at radius 2 is 1.92 bits per heavy atom. The van der Waals surface area contributed by atoms with Crippen LogP contribution in [0.5, 0.6) is 5.75 Å². The van der Waals surface area contributed by atoms with Gasteiger partial charge in [0.05, 0.1) is 19.8 Å². The summed E-state index contributed by atoms with van der Waals surface area (Å²) in [4.78, 5) is 14.5. The van der Waals surface area contributed by atoms with Crippen molar-refractivity contribution in [3.8, 4) is 11.8 Å². The van der Waals surface area contributed by atoms with Gasteiger partial charge in [0.15, 0.2) is 0 Å². The van der Waals surface area contributed by atoms with Crippen LogP contribution >= 0.6 is 0 Å². The van der Waals surface area contributed by atoms with E-state index in [1.165, 1.54) is 5.69 Å². The van der Waals surface area contributed by atoms with Gasteiger partial charge in [0, 0.05) is 17.8 Å². The Hall–Kier alpha value is -2.22. The maximum absolute atomic E-state index is 12.1. The minimum absolute atomic E-state index is 0.0982. The van der Waals surface area contributed by atoms with E-state index < -0.39 is 5.92 Å². The molecule has 5 heteroatoms. The van der Waals surface area contributed by atoms with Crippen molar-refractivity contribution in [2.24, 2.45) is 11.8 Å². The number of fused-ring (bicyclic) bond motifs is 2. The molecule has 3 atom stereocenters. The lowest BCUT2D eigenvalue weighted by molar-refractivity contribution is -0.148. The summed E-state index contributed by atoms with van der Waals surface area (Å²) in [6.45, 7) is 2.11. The predicted molar refractivity (Wildman–Crippen MR) is 90.7 cm³/mol. The number of nitriles is 1. The Bertz CT molecular complexity index is 608. The van der Waals surface area contributed by atoms with Gasteiger partial charge in [-0.2, -0.15) is 5.26 Å². The summed E-state index contributed by atoms with van der Waals surface area (Å²) in [5, 5.41) is 9.43. The summed E-state index contributed by atoms with van der Waals surface area (Å²) in [7, 11) is 1.67. The van der Waals surface area contributed by atoms with Crippen molar-refractivity contribution in [2.45, 2.75) is 44.7 Å². The lowest BCUT2D eigenvalue weighted by Crippen LogP contribution is -2.45. The molecule has 2 aliphatic heterocycles. The first-order valence-electron chi connectivity index (χ1n) is 8.66. The van der Waals surface area contributed by atoms with Crippen LogP contribution in [0.25, 0.3) is 0 Å². The van der Waals surface area contributed by atoms with Crippen LogP contribution in [-0.2, 0) is 9.53 Å². The first-order valence-corrected chi connectivity index (χ1v) is 8.66. The molecule has 0 saturated carbocycles. The molecule has 0 aromatic heterocycles. The molecule has 0 radical (unpaired) electrons. The van der Waals surface area contributed by atoms with Crippen LogP contribution in [0.3, 0.4) is 0 Å². The highest BCUT2D eigenvalue weighted by atomic mass is 16.5. The van der Waals surface area contributed by atoms with E-state index in [2.05, 4.69) is 23.1 Å². The molecule has 2 heterocycles. The number of ether oxygens (including phenoxy) is 2. The fourth-order valence-corrected chi connectivity index (χ4v) is 4.25. The quantitative estimate of drug-likeness (QED) is 0.777. The van der Waals surface area contributed by atoms with Crippen LogP contribution in [0.4, 0.5) is 5.69 Å². The van der Waals surface area contributed by atoms with Crippen LogP contribution in [0.2, 0.25) is 0 Å². The van der Waals surface area contributed by atoms with E-state index in [0.717, 1.165) is 31.4 Å². The lowest BCUT2D eigenvalue weighted by Gasteiger charge is -2.41. The first kappa shape index (κ1) is 16.6. The smallest absolute Gasteiger partial charge is 0.323 e. The van der Waals surface area contributed by atoms with Crippen molar-refractivity contribution in [2.75, 3.05) is 18.6 Å². The molecule has 1 aromatic rings. The highest BCUT2D eigenvalue weighted by Gasteiger charge is 2.45. The maximum atomic E-state index is 12.1. The van der Waals surface area contributed by atoms with E-state index in [0.29, 0.717) is 18.7 Å². The Kier molecular flexibility index (Phi) is 4.94. The number of piperidine rings is 1. The van der Waals surface area contributed by atoms with Gasteiger partial charge in [-0.25, -0.2) is 0 Å².